The predicted octanol–water partition coefficient (Wildman–Crippen LogP) is 2.12. The van der Waals surface area contributed by atoms with Crippen molar-refractivity contribution in [1.82, 2.24) is 0 Å². The smallest absolute Gasteiger partial charge is 0.282 e. The van der Waals surface area contributed by atoms with Crippen molar-refractivity contribution in [3.8, 4) is 0 Å². The van der Waals surface area contributed by atoms with Crippen LogP contribution >= 0.6 is 22.6 Å². The molecule has 3 atom stereocenters. The zero-order valence-electron chi connectivity index (χ0n) is 10.5. The Morgan fingerprint density at radius 1 is 1.63 bits per heavy atom. The van der Waals surface area contributed by atoms with Gasteiger partial charge < -0.3 is 15.8 Å². The van der Waals surface area contributed by atoms with E-state index in [1.807, 2.05) is 29.5 Å². The zero-order valence-corrected chi connectivity index (χ0v) is 12.7. The second-order valence-corrected chi connectivity index (χ2v) is 5.65. The number of hydrogen-bond donors (Lipinski definition) is 2. The number of nitrogens with zero attached hydrogens (tertiary/aromatic N) is 1. The molecule has 3 N–H and O–H groups in total. The average molecular weight is 377 g/mol. The first-order valence-corrected chi connectivity index (χ1v) is 7.18. The molecule has 1 fully saturated rings. The lowest BCUT2D eigenvalue weighted by molar-refractivity contribution is -0.385. The number of nitro benzene ring substituents is 1. The van der Waals surface area contributed by atoms with E-state index in [0.717, 1.165) is 12.1 Å². The zero-order chi connectivity index (χ0) is 14.0. The normalized spacial score (nSPS) is 25.7. The molecule has 0 amide bonds. The Bertz CT molecular complexity index is 481. The van der Waals surface area contributed by atoms with Gasteiger partial charge in [-0.05, 0) is 48.1 Å². The molecular formula is C12H16IN3O3. The van der Waals surface area contributed by atoms with Gasteiger partial charge in [0.05, 0.1) is 20.6 Å². The maximum atomic E-state index is 10.8. The second kappa shape index (κ2) is 6.02. The topological polar surface area (TPSA) is 90.4 Å². The molecule has 7 heteroatoms. The number of anilines is 1. The summed E-state index contributed by atoms with van der Waals surface area (Å²) in [5.74, 6) is 0. The van der Waals surface area contributed by atoms with Crippen molar-refractivity contribution >= 4 is 34.0 Å². The van der Waals surface area contributed by atoms with E-state index in [0.29, 0.717) is 10.2 Å². The summed E-state index contributed by atoms with van der Waals surface area (Å²) >= 11 is 1.96. The molecule has 1 saturated carbocycles. The van der Waals surface area contributed by atoms with Crippen LogP contribution in [0.15, 0.2) is 18.2 Å². The minimum Gasteiger partial charge on any atom is -0.378 e. The van der Waals surface area contributed by atoms with Crippen molar-refractivity contribution in [2.45, 2.75) is 31.5 Å². The van der Waals surface area contributed by atoms with Crippen LogP contribution in [-0.4, -0.2) is 29.7 Å². The molecule has 1 aliphatic carbocycles. The highest BCUT2D eigenvalue weighted by molar-refractivity contribution is 14.1. The molecule has 1 aromatic rings. The highest BCUT2D eigenvalue weighted by Gasteiger charge is 2.39. The van der Waals surface area contributed by atoms with Crippen molar-refractivity contribution in [3.63, 3.8) is 0 Å². The van der Waals surface area contributed by atoms with Crippen LogP contribution in [0.1, 0.15) is 13.3 Å². The summed E-state index contributed by atoms with van der Waals surface area (Å²) in [7, 11) is 0. The summed E-state index contributed by atoms with van der Waals surface area (Å²) in [4.78, 5) is 10.4. The molecule has 0 radical (unpaired) electrons. The monoisotopic (exact) mass is 377 g/mol. The molecule has 0 heterocycles. The summed E-state index contributed by atoms with van der Waals surface area (Å²) in [5, 5.41) is 14.0. The third kappa shape index (κ3) is 3.15. The van der Waals surface area contributed by atoms with Crippen LogP contribution in [-0.2, 0) is 4.74 Å². The summed E-state index contributed by atoms with van der Waals surface area (Å²) in [5.41, 5.74) is 6.90. The van der Waals surface area contributed by atoms with Gasteiger partial charge in [0.1, 0.15) is 0 Å². The van der Waals surface area contributed by atoms with Gasteiger partial charge in [-0.2, -0.15) is 0 Å². The lowest BCUT2D eigenvalue weighted by atomic mass is 9.83. The van der Waals surface area contributed by atoms with E-state index < -0.39 is 0 Å². The Morgan fingerprint density at radius 3 is 2.89 bits per heavy atom. The third-order valence-corrected chi connectivity index (χ3v) is 4.09. The van der Waals surface area contributed by atoms with Gasteiger partial charge in [-0.1, -0.05) is 0 Å². The van der Waals surface area contributed by atoms with Crippen molar-refractivity contribution in [1.29, 1.82) is 0 Å². The minimum absolute atomic E-state index is 0.0596. The maximum absolute atomic E-state index is 10.8. The van der Waals surface area contributed by atoms with Gasteiger partial charge in [-0.25, -0.2) is 0 Å². The van der Waals surface area contributed by atoms with Crippen molar-refractivity contribution < 1.29 is 9.66 Å². The fourth-order valence-electron chi connectivity index (χ4n) is 2.16. The summed E-state index contributed by atoms with van der Waals surface area (Å²) < 4.78 is 6.18. The molecule has 104 valence electrons. The highest BCUT2D eigenvalue weighted by atomic mass is 127. The van der Waals surface area contributed by atoms with Crippen LogP contribution in [0, 0.1) is 13.7 Å². The average Bonchev–Trinajstić information content (AvgIpc) is 2.35. The fourth-order valence-corrected chi connectivity index (χ4v) is 2.88. The molecule has 0 saturated heterocycles. The van der Waals surface area contributed by atoms with E-state index in [4.69, 9.17) is 10.5 Å². The first kappa shape index (κ1) is 14.5. The SMILES string of the molecule is CCOC1CC(N)C1Nc1ccc([N+](=O)[O-])c(I)c1. The van der Waals surface area contributed by atoms with Crippen molar-refractivity contribution in [2.75, 3.05) is 11.9 Å². The minimum atomic E-state index is -0.385. The molecule has 0 aliphatic heterocycles. The Balaban J connectivity index is 2.07. The van der Waals surface area contributed by atoms with E-state index in [1.54, 1.807) is 12.1 Å². The number of nitrogens with two attached hydrogens (primary N) is 1. The van der Waals surface area contributed by atoms with Crippen LogP contribution in [0.25, 0.3) is 0 Å². The molecule has 19 heavy (non-hydrogen) atoms. The van der Waals surface area contributed by atoms with E-state index in [2.05, 4.69) is 5.32 Å². The number of ether oxygens (including phenoxy) is 1. The number of rotatable bonds is 5. The Kier molecular flexibility index (Phi) is 4.58. The predicted molar refractivity (Wildman–Crippen MR) is 81.2 cm³/mol. The Hall–Kier alpha value is -0.930. The molecule has 2 rings (SSSR count). The summed E-state index contributed by atoms with van der Waals surface area (Å²) in [6.45, 7) is 2.61. The molecule has 1 aromatic carbocycles. The van der Waals surface area contributed by atoms with Crippen LogP contribution in [0.5, 0.6) is 0 Å². The van der Waals surface area contributed by atoms with Crippen LogP contribution < -0.4 is 11.1 Å². The Morgan fingerprint density at radius 2 is 2.37 bits per heavy atom. The molecule has 1 aliphatic rings. The van der Waals surface area contributed by atoms with Gasteiger partial charge in [-0.15, -0.1) is 0 Å². The van der Waals surface area contributed by atoms with Gasteiger partial charge in [0.25, 0.3) is 5.69 Å². The van der Waals surface area contributed by atoms with Crippen molar-refractivity contribution in [2.24, 2.45) is 5.73 Å². The van der Waals surface area contributed by atoms with E-state index in [9.17, 15) is 10.1 Å². The molecule has 0 aromatic heterocycles. The van der Waals surface area contributed by atoms with Crippen molar-refractivity contribution in [3.05, 3.63) is 31.9 Å². The van der Waals surface area contributed by atoms with Gasteiger partial charge in [0, 0.05) is 24.4 Å². The first-order valence-electron chi connectivity index (χ1n) is 6.10. The summed E-state index contributed by atoms with van der Waals surface area (Å²) in [6, 6.07) is 5.09. The number of benzene rings is 1. The molecule has 0 bridgehead atoms. The van der Waals surface area contributed by atoms with Crippen LogP contribution in [0.3, 0.4) is 0 Å². The Labute approximate surface area is 125 Å². The standard InChI is InChI=1S/C12H16IN3O3/c1-2-19-11-6-9(14)12(11)15-7-3-4-10(16(17)18)8(13)5-7/h3-5,9,11-12,15H,2,6,14H2,1H3. The van der Waals surface area contributed by atoms with Crippen LogP contribution in [0.4, 0.5) is 11.4 Å². The lowest BCUT2D eigenvalue weighted by Crippen LogP contribution is -2.60. The molecule has 3 unspecified atom stereocenters. The quantitative estimate of drug-likeness (QED) is 0.466. The first-order chi connectivity index (χ1) is 9.02. The van der Waals surface area contributed by atoms with E-state index >= 15 is 0 Å². The maximum Gasteiger partial charge on any atom is 0.282 e. The van der Waals surface area contributed by atoms with Gasteiger partial charge in [-0.3, -0.25) is 10.1 Å². The molecular weight excluding hydrogens is 361 g/mol. The molecule has 6 nitrogen and oxygen atoms in total. The van der Waals surface area contributed by atoms with Crippen LogP contribution in [0.2, 0.25) is 0 Å². The van der Waals surface area contributed by atoms with Gasteiger partial charge in [0.2, 0.25) is 0 Å². The number of halogens is 1. The third-order valence-electron chi connectivity index (χ3n) is 3.22. The second-order valence-electron chi connectivity index (χ2n) is 4.49. The van der Waals surface area contributed by atoms with E-state index in [1.165, 1.54) is 6.07 Å². The largest absolute Gasteiger partial charge is 0.378 e. The number of nitrogens with one attached hydrogen (secondary N) is 1. The number of hydrogen-bond acceptors (Lipinski definition) is 5. The highest BCUT2D eigenvalue weighted by Crippen LogP contribution is 2.29. The van der Waals surface area contributed by atoms with Gasteiger partial charge >= 0.3 is 0 Å². The van der Waals surface area contributed by atoms with Gasteiger partial charge in [0.15, 0.2) is 0 Å². The van der Waals surface area contributed by atoms with E-state index in [-0.39, 0.29) is 28.8 Å². The summed E-state index contributed by atoms with van der Waals surface area (Å²) in [6.07, 6.45) is 0.961. The fraction of sp³-hybridized carbons (Fsp3) is 0.500. The molecule has 0 spiro atoms. The number of nitro groups is 1. The lowest BCUT2D eigenvalue weighted by Gasteiger charge is -2.43.